The Morgan fingerprint density at radius 1 is 0.852 bits per heavy atom. The standard InChI is InChI=1S/C17H10F6N2O2/c18-16(19,20)11-4-1-3-10(7-11)15-24-14(27-25-15)9-26-13-6-2-5-12(8-13)17(21,22)23/h1-8H,9H2. The lowest BCUT2D eigenvalue weighted by Gasteiger charge is -2.08. The molecule has 0 radical (unpaired) electrons. The average Bonchev–Trinajstić information content (AvgIpc) is 3.08. The summed E-state index contributed by atoms with van der Waals surface area (Å²) < 4.78 is 86.3. The minimum Gasteiger partial charge on any atom is -0.484 e. The third kappa shape index (κ3) is 4.57. The van der Waals surface area contributed by atoms with Crippen LogP contribution in [0.1, 0.15) is 17.0 Å². The summed E-state index contributed by atoms with van der Waals surface area (Å²) in [4.78, 5) is 3.90. The van der Waals surface area contributed by atoms with Gasteiger partial charge in [0.1, 0.15) is 5.75 Å². The zero-order valence-corrected chi connectivity index (χ0v) is 13.3. The molecule has 0 aliphatic rings. The Bertz CT molecular complexity index is 933. The monoisotopic (exact) mass is 388 g/mol. The van der Waals surface area contributed by atoms with Gasteiger partial charge in [-0.1, -0.05) is 23.4 Å². The number of halogens is 6. The molecule has 0 saturated heterocycles. The van der Waals surface area contributed by atoms with E-state index < -0.39 is 23.5 Å². The van der Waals surface area contributed by atoms with Gasteiger partial charge in [0.2, 0.25) is 5.82 Å². The Balaban J connectivity index is 1.72. The third-order valence-corrected chi connectivity index (χ3v) is 3.44. The number of nitrogens with zero attached hydrogens (tertiary/aromatic N) is 2. The van der Waals surface area contributed by atoms with Crippen molar-refractivity contribution in [2.75, 3.05) is 0 Å². The lowest BCUT2D eigenvalue weighted by atomic mass is 10.1. The molecule has 3 aromatic rings. The minimum atomic E-state index is -4.52. The lowest BCUT2D eigenvalue weighted by Crippen LogP contribution is -2.05. The van der Waals surface area contributed by atoms with Gasteiger partial charge in [0.25, 0.3) is 5.89 Å². The SMILES string of the molecule is FC(F)(F)c1cccc(OCc2nc(-c3cccc(C(F)(F)F)c3)no2)c1. The third-order valence-electron chi connectivity index (χ3n) is 3.44. The van der Waals surface area contributed by atoms with E-state index in [1.54, 1.807) is 0 Å². The highest BCUT2D eigenvalue weighted by Crippen LogP contribution is 2.32. The van der Waals surface area contributed by atoms with Crippen LogP contribution in [0.5, 0.6) is 5.75 Å². The molecule has 0 aliphatic heterocycles. The van der Waals surface area contributed by atoms with Crippen LogP contribution in [0.2, 0.25) is 0 Å². The zero-order chi connectivity index (χ0) is 19.7. The van der Waals surface area contributed by atoms with Gasteiger partial charge in [0.05, 0.1) is 11.1 Å². The van der Waals surface area contributed by atoms with Crippen molar-refractivity contribution in [1.82, 2.24) is 10.1 Å². The highest BCUT2D eigenvalue weighted by molar-refractivity contribution is 5.55. The van der Waals surface area contributed by atoms with E-state index in [0.717, 1.165) is 24.3 Å². The molecule has 0 amide bonds. The van der Waals surface area contributed by atoms with Crippen LogP contribution in [0, 0.1) is 0 Å². The molecule has 0 N–H and O–H groups in total. The maximum Gasteiger partial charge on any atom is 0.416 e. The molecule has 3 rings (SSSR count). The summed E-state index contributed by atoms with van der Waals surface area (Å²) in [5.41, 5.74) is -1.67. The largest absolute Gasteiger partial charge is 0.484 e. The molecule has 0 fully saturated rings. The van der Waals surface area contributed by atoms with Gasteiger partial charge in [-0.05, 0) is 30.3 Å². The summed E-state index contributed by atoms with van der Waals surface area (Å²) in [6, 6.07) is 8.54. The van der Waals surface area contributed by atoms with Gasteiger partial charge in [-0.3, -0.25) is 0 Å². The first-order valence-electron chi connectivity index (χ1n) is 7.43. The molecule has 0 unspecified atom stereocenters. The quantitative estimate of drug-likeness (QED) is 0.565. The van der Waals surface area contributed by atoms with E-state index in [0.29, 0.717) is 0 Å². The van der Waals surface area contributed by atoms with Gasteiger partial charge >= 0.3 is 12.4 Å². The van der Waals surface area contributed by atoms with Crippen molar-refractivity contribution in [2.45, 2.75) is 19.0 Å². The number of benzene rings is 2. The molecule has 142 valence electrons. The molecule has 0 saturated carbocycles. The van der Waals surface area contributed by atoms with Crippen LogP contribution < -0.4 is 4.74 Å². The number of hydrogen-bond acceptors (Lipinski definition) is 4. The van der Waals surface area contributed by atoms with Gasteiger partial charge in [-0.25, -0.2) is 0 Å². The van der Waals surface area contributed by atoms with E-state index in [1.165, 1.54) is 24.3 Å². The second-order valence-corrected chi connectivity index (χ2v) is 5.40. The normalized spacial score (nSPS) is 12.2. The fourth-order valence-corrected chi connectivity index (χ4v) is 2.17. The number of aromatic nitrogens is 2. The van der Waals surface area contributed by atoms with Crippen LogP contribution in [0.4, 0.5) is 26.3 Å². The van der Waals surface area contributed by atoms with Crippen molar-refractivity contribution in [2.24, 2.45) is 0 Å². The van der Waals surface area contributed by atoms with E-state index in [2.05, 4.69) is 10.1 Å². The number of hydrogen-bond donors (Lipinski definition) is 0. The second-order valence-electron chi connectivity index (χ2n) is 5.40. The summed E-state index contributed by atoms with van der Waals surface area (Å²) in [5, 5.41) is 3.57. The summed E-state index contributed by atoms with van der Waals surface area (Å²) in [5.74, 6) is -0.257. The van der Waals surface area contributed by atoms with E-state index in [1.807, 2.05) is 0 Å². The van der Waals surface area contributed by atoms with Crippen molar-refractivity contribution in [3.05, 3.63) is 65.5 Å². The first-order valence-corrected chi connectivity index (χ1v) is 7.43. The predicted octanol–water partition coefficient (Wildman–Crippen LogP) is 5.35. The maximum atomic E-state index is 12.7. The van der Waals surface area contributed by atoms with E-state index in [4.69, 9.17) is 9.26 Å². The maximum absolute atomic E-state index is 12.7. The molecule has 4 nitrogen and oxygen atoms in total. The average molecular weight is 388 g/mol. The Morgan fingerprint density at radius 3 is 2.15 bits per heavy atom. The van der Waals surface area contributed by atoms with Crippen molar-refractivity contribution in [3.8, 4) is 17.1 Å². The van der Waals surface area contributed by atoms with Gasteiger partial charge in [0.15, 0.2) is 6.61 Å². The number of ether oxygens (including phenoxy) is 1. The minimum absolute atomic E-state index is 0.0661. The molecule has 0 aliphatic carbocycles. The van der Waals surface area contributed by atoms with Crippen molar-refractivity contribution in [1.29, 1.82) is 0 Å². The van der Waals surface area contributed by atoms with Gasteiger partial charge in [0, 0.05) is 5.56 Å². The Morgan fingerprint density at radius 2 is 1.48 bits per heavy atom. The van der Waals surface area contributed by atoms with Crippen LogP contribution in [0.15, 0.2) is 53.1 Å². The van der Waals surface area contributed by atoms with E-state index in [-0.39, 0.29) is 29.6 Å². The van der Waals surface area contributed by atoms with Gasteiger partial charge in [-0.15, -0.1) is 0 Å². The highest BCUT2D eigenvalue weighted by Gasteiger charge is 2.31. The smallest absolute Gasteiger partial charge is 0.416 e. The molecule has 1 aromatic heterocycles. The van der Waals surface area contributed by atoms with Crippen LogP contribution >= 0.6 is 0 Å². The molecule has 0 bridgehead atoms. The molecule has 2 aromatic carbocycles. The summed E-state index contributed by atoms with van der Waals surface area (Å²) >= 11 is 0. The molecule has 0 spiro atoms. The fourth-order valence-electron chi connectivity index (χ4n) is 2.17. The first-order chi connectivity index (χ1) is 12.6. The molecule has 0 atom stereocenters. The van der Waals surface area contributed by atoms with Crippen LogP contribution in [0.3, 0.4) is 0 Å². The topological polar surface area (TPSA) is 48.2 Å². The van der Waals surface area contributed by atoms with Crippen molar-refractivity contribution >= 4 is 0 Å². The number of rotatable bonds is 4. The van der Waals surface area contributed by atoms with Crippen molar-refractivity contribution in [3.63, 3.8) is 0 Å². The first kappa shape index (κ1) is 18.7. The number of alkyl halides is 6. The molecular formula is C17H10F6N2O2. The summed E-state index contributed by atoms with van der Waals surface area (Å²) in [6.07, 6.45) is -9.03. The van der Waals surface area contributed by atoms with Gasteiger partial charge < -0.3 is 9.26 Å². The van der Waals surface area contributed by atoms with Gasteiger partial charge in [-0.2, -0.15) is 31.3 Å². The highest BCUT2D eigenvalue weighted by atomic mass is 19.4. The Labute approximate surface area is 148 Å². The predicted molar refractivity (Wildman–Crippen MR) is 80.5 cm³/mol. The zero-order valence-electron chi connectivity index (χ0n) is 13.3. The summed E-state index contributed by atoms with van der Waals surface area (Å²) in [7, 11) is 0. The fraction of sp³-hybridized carbons (Fsp3) is 0.176. The Hall–Kier alpha value is -3.04. The van der Waals surface area contributed by atoms with E-state index >= 15 is 0 Å². The second kappa shape index (κ2) is 6.93. The molecule has 10 heteroatoms. The molecule has 1 heterocycles. The van der Waals surface area contributed by atoms with Crippen LogP contribution in [-0.2, 0) is 19.0 Å². The summed E-state index contributed by atoms with van der Waals surface area (Å²) in [6.45, 7) is -0.340. The Kier molecular flexibility index (Phi) is 4.81. The van der Waals surface area contributed by atoms with Crippen molar-refractivity contribution < 1.29 is 35.6 Å². The van der Waals surface area contributed by atoms with Crippen LogP contribution in [-0.4, -0.2) is 10.1 Å². The lowest BCUT2D eigenvalue weighted by molar-refractivity contribution is -0.138. The van der Waals surface area contributed by atoms with E-state index in [9.17, 15) is 26.3 Å². The molecular weight excluding hydrogens is 378 g/mol. The van der Waals surface area contributed by atoms with Crippen LogP contribution in [0.25, 0.3) is 11.4 Å². The molecule has 27 heavy (non-hydrogen) atoms.